The number of pyridine rings is 1. The molecule has 0 spiro atoms. The van der Waals surface area contributed by atoms with Crippen LogP contribution in [0, 0.1) is 0 Å². The van der Waals surface area contributed by atoms with Crippen molar-refractivity contribution >= 4 is 17.3 Å². The maximum atomic E-state index is 12.6. The number of nitrogens with zero attached hydrogens (tertiary/aromatic N) is 2. The second-order valence-corrected chi connectivity index (χ2v) is 8.11. The monoisotopic (exact) mass is 351 g/mol. The number of benzene rings is 1. The van der Waals surface area contributed by atoms with Gasteiger partial charge in [0.25, 0.3) is 5.91 Å². The Kier molecular flexibility index (Phi) is 5.60. The molecule has 1 N–H and O–H groups in total. The van der Waals surface area contributed by atoms with Gasteiger partial charge < -0.3 is 10.2 Å². The number of hydrogen-bond acceptors (Lipinski definition) is 3. The minimum Gasteiger partial charge on any atom is -0.370 e. The highest BCUT2D eigenvalue weighted by atomic mass is 16.1. The number of amides is 1. The highest BCUT2D eigenvalue weighted by Crippen LogP contribution is 2.24. The van der Waals surface area contributed by atoms with E-state index in [1.165, 1.54) is 31.2 Å². The lowest BCUT2D eigenvalue weighted by Gasteiger charge is -2.22. The normalized spacial score (nSPS) is 15.4. The van der Waals surface area contributed by atoms with Crippen molar-refractivity contribution < 1.29 is 4.79 Å². The average Bonchev–Trinajstić information content (AvgIpc) is 2.91. The smallest absolute Gasteiger partial charge is 0.257 e. The zero-order chi connectivity index (χ0) is 18.6. The van der Waals surface area contributed by atoms with Crippen LogP contribution < -0.4 is 10.2 Å². The maximum Gasteiger partial charge on any atom is 0.257 e. The van der Waals surface area contributed by atoms with Crippen LogP contribution in [-0.4, -0.2) is 24.0 Å². The van der Waals surface area contributed by atoms with Gasteiger partial charge in [0, 0.05) is 25.0 Å². The van der Waals surface area contributed by atoms with Gasteiger partial charge in [-0.3, -0.25) is 9.78 Å². The Morgan fingerprint density at radius 3 is 2.27 bits per heavy atom. The van der Waals surface area contributed by atoms with Gasteiger partial charge in [-0.2, -0.15) is 0 Å². The zero-order valence-corrected chi connectivity index (χ0v) is 16.1. The van der Waals surface area contributed by atoms with E-state index in [2.05, 4.69) is 48.1 Å². The first-order valence-corrected chi connectivity index (χ1v) is 9.55. The maximum absolute atomic E-state index is 12.6. The molecule has 0 atom stereocenters. The lowest BCUT2D eigenvalue weighted by atomic mass is 9.87. The van der Waals surface area contributed by atoms with Crippen LogP contribution in [0.15, 0.2) is 42.7 Å². The SMILES string of the molecule is CC(C)(C)c1ccc(NC(=O)c2cncc(N3CCCCCC3)c2)cc1. The van der Waals surface area contributed by atoms with E-state index in [0.29, 0.717) is 5.56 Å². The number of aromatic nitrogens is 1. The van der Waals surface area contributed by atoms with E-state index in [0.717, 1.165) is 24.5 Å². The predicted octanol–water partition coefficient (Wildman–Crippen LogP) is 5.01. The number of rotatable bonds is 3. The van der Waals surface area contributed by atoms with Gasteiger partial charge in [0.15, 0.2) is 0 Å². The summed E-state index contributed by atoms with van der Waals surface area (Å²) in [7, 11) is 0. The fourth-order valence-corrected chi connectivity index (χ4v) is 3.31. The summed E-state index contributed by atoms with van der Waals surface area (Å²) in [5, 5.41) is 2.98. The van der Waals surface area contributed by atoms with Gasteiger partial charge >= 0.3 is 0 Å². The Morgan fingerprint density at radius 1 is 1.00 bits per heavy atom. The second-order valence-electron chi connectivity index (χ2n) is 8.11. The molecular weight excluding hydrogens is 322 g/mol. The topological polar surface area (TPSA) is 45.2 Å². The Bertz CT molecular complexity index is 739. The van der Waals surface area contributed by atoms with Crippen LogP contribution in [0.1, 0.15) is 62.4 Å². The molecule has 1 fully saturated rings. The van der Waals surface area contributed by atoms with Crippen molar-refractivity contribution in [2.75, 3.05) is 23.3 Å². The standard InChI is InChI=1S/C22H29N3O/c1-22(2,3)18-8-10-19(11-9-18)24-21(26)17-14-20(16-23-15-17)25-12-6-4-5-7-13-25/h8-11,14-16H,4-7,12-13H2,1-3H3,(H,24,26). The molecule has 2 heterocycles. The molecule has 0 bridgehead atoms. The predicted molar refractivity (Wildman–Crippen MR) is 108 cm³/mol. The molecule has 1 amide bonds. The molecule has 0 aliphatic carbocycles. The molecule has 1 saturated heterocycles. The number of nitrogens with one attached hydrogen (secondary N) is 1. The van der Waals surface area contributed by atoms with E-state index in [-0.39, 0.29) is 11.3 Å². The number of anilines is 2. The van der Waals surface area contributed by atoms with Crippen LogP contribution >= 0.6 is 0 Å². The summed E-state index contributed by atoms with van der Waals surface area (Å²) in [5.74, 6) is -0.113. The summed E-state index contributed by atoms with van der Waals surface area (Å²) in [4.78, 5) is 19.3. The first-order valence-electron chi connectivity index (χ1n) is 9.55. The summed E-state index contributed by atoms with van der Waals surface area (Å²) >= 11 is 0. The van der Waals surface area contributed by atoms with Gasteiger partial charge in [0.1, 0.15) is 0 Å². The summed E-state index contributed by atoms with van der Waals surface area (Å²) in [6.45, 7) is 8.63. The molecule has 1 aliphatic rings. The van der Waals surface area contributed by atoms with Crippen molar-refractivity contribution in [2.45, 2.75) is 51.9 Å². The molecule has 0 unspecified atom stereocenters. The van der Waals surface area contributed by atoms with E-state index in [1.807, 2.05) is 24.4 Å². The third-order valence-electron chi connectivity index (χ3n) is 4.97. The van der Waals surface area contributed by atoms with Crippen molar-refractivity contribution in [3.05, 3.63) is 53.9 Å². The Balaban J connectivity index is 1.70. The minimum absolute atomic E-state index is 0.105. The van der Waals surface area contributed by atoms with Gasteiger partial charge in [-0.25, -0.2) is 0 Å². The molecule has 1 aromatic carbocycles. The van der Waals surface area contributed by atoms with E-state index in [9.17, 15) is 4.79 Å². The van der Waals surface area contributed by atoms with E-state index in [1.54, 1.807) is 6.20 Å². The zero-order valence-electron chi connectivity index (χ0n) is 16.1. The molecule has 4 nitrogen and oxygen atoms in total. The van der Waals surface area contributed by atoms with Gasteiger partial charge in [-0.05, 0) is 42.0 Å². The van der Waals surface area contributed by atoms with Gasteiger partial charge in [0.2, 0.25) is 0 Å². The fourth-order valence-electron chi connectivity index (χ4n) is 3.31. The molecule has 4 heteroatoms. The van der Waals surface area contributed by atoms with Crippen LogP contribution in [0.5, 0.6) is 0 Å². The van der Waals surface area contributed by atoms with Gasteiger partial charge in [-0.15, -0.1) is 0 Å². The molecule has 1 aromatic heterocycles. The summed E-state index contributed by atoms with van der Waals surface area (Å²) < 4.78 is 0. The van der Waals surface area contributed by atoms with E-state index >= 15 is 0 Å². The molecule has 138 valence electrons. The highest BCUT2D eigenvalue weighted by molar-refractivity contribution is 6.04. The van der Waals surface area contributed by atoms with E-state index in [4.69, 9.17) is 0 Å². The van der Waals surface area contributed by atoms with Crippen molar-refractivity contribution in [1.29, 1.82) is 0 Å². The van der Waals surface area contributed by atoms with Crippen molar-refractivity contribution in [3.8, 4) is 0 Å². The lowest BCUT2D eigenvalue weighted by Crippen LogP contribution is -2.24. The molecule has 2 aromatic rings. The van der Waals surface area contributed by atoms with Gasteiger partial charge in [0.05, 0.1) is 17.4 Å². The fraction of sp³-hybridized carbons (Fsp3) is 0.455. The van der Waals surface area contributed by atoms with Crippen LogP contribution in [0.25, 0.3) is 0 Å². The molecular formula is C22H29N3O. The molecule has 26 heavy (non-hydrogen) atoms. The largest absolute Gasteiger partial charge is 0.370 e. The minimum atomic E-state index is -0.113. The number of carbonyl (C=O) groups is 1. The summed E-state index contributed by atoms with van der Waals surface area (Å²) in [6, 6.07) is 10.0. The lowest BCUT2D eigenvalue weighted by molar-refractivity contribution is 0.102. The van der Waals surface area contributed by atoms with Crippen LogP contribution in [0.3, 0.4) is 0 Å². The van der Waals surface area contributed by atoms with E-state index < -0.39 is 0 Å². The quantitative estimate of drug-likeness (QED) is 0.845. The Hall–Kier alpha value is -2.36. The molecule has 1 aliphatic heterocycles. The highest BCUT2D eigenvalue weighted by Gasteiger charge is 2.15. The van der Waals surface area contributed by atoms with Crippen molar-refractivity contribution in [1.82, 2.24) is 4.98 Å². The van der Waals surface area contributed by atoms with Crippen molar-refractivity contribution in [3.63, 3.8) is 0 Å². The summed E-state index contributed by atoms with van der Waals surface area (Å²) in [5.41, 5.74) is 3.81. The Labute approximate surface area is 156 Å². The first-order chi connectivity index (χ1) is 12.4. The second kappa shape index (κ2) is 7.90. The molecule has 3 rings (SSSR count). The van der Waals surface area contributed by atoms with Crippen LogP contribution in [0.2, 0.25) is 0 Å². The third-order valence-corrected chi connectivity index (χ3v) is 4.97. The average molecular weight is 351 g/mol. The third kappa shape index (κ3) is 4.63. The van der Waals surface area contributed by atoms with Crippen molar-refractivity contribution in [2.24, 2.45) is 0 Å². The van der Waals surface area contributed by atoms with Crippen LogP contribution in [0.4, 0.5) is 11.4 Å². The molecule has 0 saturated carbocycles. The first kappa shape index (κ1) is 18.4. The Morgan fingerprint density at radius 2 is 1.65 bits per heavy atom. The van der Waals surface area contributed by atoms with Crippen LogP contribution in [-0.2, 0) is 5.41 Å². The summed E-state index contributed by atoms with van der Waals surface area (Å²) in [6.07, 6.45) is 8.48. The number of carbonyl (C=O) groups excluding carboxylic acids is 1. The van der Waals surface area contributed by atoms with Gasteiger partial charge in [-0.1, -0.05) is 45.7 Å². The molecule has 0 radical (unpaired) electrons. The number of hydrogen-bond donors (Lipinski definition) is 1.